The van der Waals surface area contributed by atoms with Gasteiger partial charge in [0.25, 0.3) is 0 Å². The first-order valence-electron chi connectivity index (χ1n) is 35.3. The molecule has 38 nitrogen and oxygen atoms in total. The number of carboxylic acids is 9. The van der Waals surface area contributed by atoms with E-state index >= 15 is 0 Å². The van der Waals surface area contributed by atoms with Crippen molar-refractivity contribution in [3.05, 3.63) is 89.5 Å². The number of ether oxygens (including phenoxy) is 12. The average Bonchev–Trinajstić information content (AvgIpc) is 1.60. The van der Waals surface area contributed by atoms with Crippen molar-refractivity contribution in [2.24, 2.45) is 44.0 Å². The summed E-state index contributed by atoms with van der Waals surface area (Å²) in [5.74, 6) is -4.04. The van der Waals surface area contributed by atoms with Gasteiger partial charge in [-0.05, 0) is 165 Å². The van der Waals surface area contributed by atoms with Gasteiger partial charge < -0.3 is 131 Å². The van der Waals surface area contributed by atoms with Crippen LogP contribution in [0.5, 0.6) is 17.2 Å². The van der Waals surface area contributed by atoms with E-state index in [9.17, 15) is 43.2 Å². The van der Waals surface area contributed by atoms with Gasteiger partial charge in [-0.2, -0.15) is 0 Å². The third kappa shape index (κ3) is 39.9. The van der Waals surface area contributed by atoms with Crippen LogP contribution in [0.2, 0.25) is 0 Å². The largest absolute Gasteiger partial charge is 0.490 e. The highest BCUT2D eigenvalue weighted by atomic mass is 16.6. The van der Waals surface area contributed by atoms with Gasteiger partial charge in [-0.1, -0.05) is 13.3 Å². The second-order valence-corrected chi connectivity index (χ2v) is 25.4. The number of methoxy groups -OCH3 is 9. The predicted octanol–water partition coefficient (Wildman–Crippen LogP) is 3.70. The first kappa shape index (κ1) is 102. The summed E-state index contributed by atoms with van der Waals surface area (Å²) in [4.78, 5) is 106. The molecule has 2 saturated heterocycles. The Morgan fingerprint density at radius 2 is 0.857 bits per heavy atom. The van der Waals surface area contributed by atoms with Crippen LogP contribution in [0.3, 0.4) is 0 Å². The zero-order valence-electron chi connectivity index (χ0n) is 66.0. The van der Waals surface area contributed by atoms with Gasteiger partial charge in [0.2, 0.25) is 0 Å². The molecule has 2 heterocycles. The van der Waals surface area contributed by atoms with Crippen molar-refractivity contribution < 1.29 is 146 Å². The molecular weight excluding hydrogens is 1480 g/mol. The maximum absolute atomic E-state index is 10.8. The third-order valence-electron chi connectivity index (χ3n) is 17.2. The van der Waals surface area contributed by atoms with Gasteiger partial charge >= 0.3 is 53.7 Å². The molecule has 8 atom stereocenters. The molecule has 3 aromatic carbocycles. The molecular formula is C74H116N8O30. The van der Waals surface area contributed by atoms with Crippen LogP contribution in [0.25, 0.3) is 0 Å². The van der Waals surface area contributed by atoms with Crippen LogP contribution in [0.1, 0.15) is 109 Å². The van der Waals surface area contributed by atoms with Crippen LogP contribution >= 0.6 is 0 Å². The second-order valence-electron chi connectivity index (χ2n) is 25.4. The third-order valence-corrected chi connectivity index (χ3v) is 17.2. The SMILES string of the molecule is CCCCN=C(N)c1ccc(OC[C@H](OC)C(=O)O)cc1.COC(C)(C)C(=O)O.COC1(C(=O)O)CC1.COC1(C(=O)O)CCC1.COCC(=O)O.CO[C@@H](C)C(=O)O.CO[C@@H](COc1ccc(C(N)=NC2CCNCC2)cc1)C(=O)O.CO[C@@H](COc1ccc(C(N)=NC2[C@H]3CNC[C@@H]23)cc1)C(=O)O.CO[C@H](C)C(=O)O. The van der Waals surface area contributed by atoms with Gasteiger partial charge in [0.15, 0.2) is 47.3 Å². The van der Waals surface area contributed by atoms with Gasteiger partial charge in [-0.3, -0.25) is 15.0 Å². The summed E-state index contributed by atoms with van der Waals surface area (Å²) in [6.07, 6.45) is 3.40. The van der Waals surface area contributed by atoms with Crippen molar-refractivity contribution in [2.75, 3.05) is 123 Å². The van der Waals surface area contributed by atoms with Crippen molar-refractivity contribution >= 4 is 71.2 Å². The number of carbonyl (C=O) groups is 9. The molecule has 0 spiro atoms. The minimum atomic E-state index is -1.05. The summed E-state index contributed by atoms with van der Waals surface area (Å²) in [5.41, 5.74) is 17.8. The van der Waals surface area contributed by atoms with Crippen molar-refractivity contribution in [1.82, 2.24) is 10.6 Å². The number of benzene rings is 3. The zero-order valence-corrected chi connectivity index (χ0v) is 66.0. The van der Waals surface area contributed by atoms with Crippen molar-refractivity contribution in [3.8, 4) is 17.2 Å². The number of unbranched alkanes of at least 4 members (excludes halogenated alkanes) is 1. The Balaban J connectivity index is 0.00000130. The normalized spacial score (nSPS) is 18.1. The molecule has 0 radical (unpaired) electrons. The molecule has 0 aromatic heterocycles. The van der Waals surface area contributed by atoms with E-state index in [0.717, 1.165) is 75.0 Å². The van der Waals surface area contributed by atoms with E-state index in [0.29, 0.717) is 84.9 Å². The Morgan fingerprint density at radius 3 is 1.07 bits per heavy atom. The van der Waals surface area contributed by atoms with E-state index in [1.807, 2.05) is 24.3 Å². The van der Waals surface area contributed by atoms with Crippen LogP contribution in [-0.4, -0.2) is 300 Å². The zero-order chi connectivity index (χ0) is 85.3. The Labute approximate surface area is 651 Å². The van der Waals surface area contributed by atoms with Gasteiger partial charge in [0, 0.05) is 112 Å². The minimum Gasteiger partial charge on any atom is -0.490 e. The molecule has 3 saturated carbocycles. The molecule has 0 bridgehead atoms. The Kier molecular flexibility index (Phi) is 50.1. The lowest BCUT2D eigenvalue weighted by Gasteiger charge is -2.35. The first-order valence-corrected chi connectivity index (χ1v) is 35.3. The summed E-state index contributed by atoms with van der Waals surface area (Å²) in [6, 6.07) is 21.9. The van der Waals surface area contributed by atoms with Crippen LogP contribution in [0.4, 0.5) is 0 Å². The van der Waals surface area contributed by atoms with Crippen LogP contribution in [0.15, 0.2) is 87.8 Å². The molecule has 8 rings (SSSR count). The molecule has 5 fully saturated rings. The molecule has 17 N–H and O–H groups in total. The molecule has 5 aliphatic rings. The number of fused-ring (bicyclic) bond motifs is 1. The number of aliphatic imine (C=N–C) groups is 3. The van der Waals surface area contributed by atoms with Crippen molar-refractivity contribution in [3.63, 3.8) is 0 Å². The molecule has 38 heteroatoms. The van der Waals surface area contributed by atoms with E-state index in [1.54, 1.807) is 48.5 Å². The standard InChI is InChI=1S/C16H21N3O4.C16H23N3O4.C15H22N2O4.C6H10O3.C5H8O3.C5H10O3.2C4H8O3.C3H6O3/c1-22-13(16(20)21)8-23-10-4-2-9(3-5-10)15(17)19-14-11-6-18-7-12(11)14;1-22-14(16(20)21)10-23-13-4-2-11(3-5-13)15(17)19-12-6-8-18-9-7-12;1-3-4-9-17-14(16)11-5-7-12(8-6-11)21-10-13(20-2)15(18)19;1-9-6(5(7)8)3-2-4-6;1-8-5(2-3-5)4(6)7;1-5(2,8-3)4(6)7;2*1-3(7-2)4(5)6;1-6-2-3(4)5/h2-5,11-14,18H,6-8H2,1H3,(H2,17,19)(H,20,21);2-5,12,14,18H,6-10H2,1H3,(H2,17,19)(H,20,21);5-8,13H,3-4,9-10H2,1-2H3,(H2,16,17)(H,18,19);2-4H2,1H3,(H,7,8);2-3H2,1H3,(H,6,7);1-3H3,(H,6,7);2*3H,1-2H3,(H,5,6);2H2,1H3,(H,4,5)/t11-,12+,13-,14?;14-;13-;;;;2*3-;/m000...10./s1. The number of carboxylic acid groups (broad SMARTS) is 9. The quantitative estimate of drug-likeness (QED) is 0.0227. The second kappa shape index (κ2) is 54.8. The lowest BCUT2D eigenvalue weighted by Crippen LogP contribution is -2.46. The topological polar surface area (TPSA) is 586 Å². The molecule has 2 aliphatic heterocycles. The number of hydrogen-bond donors (Lipinski definition) is 14. The summed E-state index contributed by atoms with van der Waals surface area (Å²) >= 11 is 0. The number of hydrogen-bond acceptors (Lipinski definition) is 26. The molecule has 0 amide bonds. The molecule has 3 aliphatic carbocycles. The fourth-order valence-electron chi connectivity index (χ4n) is 8.90. The predicted molar refractivity (Wildman–Crippen MR) is 407 cm³/mol. The van der Waals surface area contributed by atoms with E-state index in [4.69, 9.17) is 101 Å². The fourth-order valence-corrected chi connectivity index (χ4v) is 8.90. The van der Waals surface area contributed by atoms with Crippen LogP contribution in [-0.2, 0) is 85.8 Å². The number of rotatable bonds is 35. The van der Waals surface area contributed by atoms with E-state index < -0.39 is 101 Å². The number of amidine groups is 3. The van der Waals surface area contributed by atoms with Crippen molar-refractivity contribution in [2.45, 2.75) is 152 Å². The summed E-state index contributed by atoms with van der Waals surface area (Å²) in [7, 11) is 12.3. The van der Waals surface area contributed by atoms with E-state index in [1.165, 1.54) is 91.7 Å². The Hall–Kier alpha value is -9.74. The highest BCUT2D eigenvalue weighted by Crippen LogP contribution is 2.44. The Morgan fingerprint density at radius 1 is 0.500 bits per heavy atom. The maximum Gasteiger partial charge on any atom is 0.336 e. The van der Waals surface area contributed by atoms with Gasteiger partial charge in [-0.25, -0.2) is 43.2 Å². The molecule has 112 heavy (non-hydrogen) atoms. The molecule has 3 aromatic rings. The summed E-state index contributed by atoms with van der Waals surface area (Å²) in [6.45, 7) is 12.4. The first-order chi connectivity index (χ1) is 52.8. The minimum absolute atomic E-state index is 0.0484. The average molecular weight is 1600 g/mol. The van der Waals surface area contributed by atoms with Gasteiger partial charge in [-0.15, -0.1) is 0 Å². The Bertz CT molecular complexity index is 3250. The molecule has 1 unspecified atom stereocenters. The highest BCUT2D eigenvalue weighted by Gasteiger charge is 2.53. The lowest BCUT2D eigenvalue weighted by molar-refractivity contribution is -0.173. The van der Waals surface area contributed by atoms with Crippen molar-refractivity contribution in [1.29, 1.82) is 0 Å². The summed E-state index contributed by atoms with van der Waals surface area (Å²) in [5, 5.41) is 82.4. The smallest absolute Gasteiger partial charge is 0.336 e. The number of piperidine rings is 2. The highest BCUT2D eigenvalue weighted by molar-refractivity contribution is 5.99. The number of nitrogens with one attached hydrogen (secondary N) is 2. The number of nitrogens with two attached hydrogens (primary N) is 3. The number of aliphatic carboxylic acids is 9. The van der Waals surface area contributed by atoms with Gasteiger partial charge in [0.05, 0.1) is 12.1 Å². The van der Waals surface area contributed by atoms with Gasteiger partial charge in [0.1, 0.15) is 61.2 Å². The van der Waals surface area contributed by atoms with Crippen LogP contribution in [0, 0.1) is 11.8 Å². The summed E-state index contributed by atoms with van der Waals surface area (Å²) < 4.78 is 57.8. The fraction of sp³-hybridized carbons (Fsp3) is 0.595. The maximum atomic E-state index is 10.8. The number of nitrogens with zero attached hydrogens (tertiary/aromatic N) is 3. The van der Waals surface area contributed by atoms with E-state index in [2.05, 4.69) is 51.5 Å². The lowest BCUT2D eigenvalue weighted by atomic mass is 9.80. The monoisotopic (exact) mass is 1600 g/mol. The van der Waals surface area contributed by atoms with Crippen LogP contribution < -0.4 is 42.0 Å². The molecule has 632 valence electrons. The van der Waals surface area contributed by atoms with E-state index in [-0.39, 0.29) is 32.5 Å².